The van der Waals surface area contributed by atoms with E-state index in [4.69, 9.17) is 0 Å². The summed E-state index contributed by atoms with van der Waals surface area (Å²) in [7, 11) is 0. The average molecular weight is 369 g/mol. The molecule has 0 nitrogen and oxygen atoms in total. The summed E-state index contributed by atoms with van der Waals surface area (Å²) in [6, 6.07) is 22.1. The molecule has 1 heteroatoms. The van der Waals surface area contributed by atoms with Crippen molar-refractivity contribution in [3.8, 4) is 0 Å². The van der Waals surface area contributed by atoms with Crippen molar-refractivity contribution < 1.29 is 0 Å². The Balaban J connectivity index is 1.98. The summed E-state index contributed by atoms with van der Waals surface area (Å²) in [6.45, 7) is 9.60. The van der Waals surface area contributed by atoms with Crippen LogP contribution in [0.15, 0.2) is 60.7 Å². The van der Waals surface area contributed by atoms with E-state index in [9.17, 15) is 0 Å². The Kier molecular flexibility index (Phi) is 8.78. The van der Waals surface area contributed by atoms with Gasteiger partial charge in [0.1, 0.15) is 0 Å². The molecule has 0 aliphatic carbocycles. The molecule has 0 aliphatic rings. The van der Waals surface area contributed by atoms with Crippen LogP contribution in [0, 0.1) is 11.8 Å². The van der Waals surface area contributed by atoms with E-state index in [2.05, 4.69) is 106 Å². The van der Waals surface area contributed by atoms with E-state index in [0.717, 1.165) is 11.2 Å². The Hall–Kier alpha value is -1.21. The van der Waals surface area contributed by atoms with Crippen molar-refractivity contribution in [2.45, 2.75) is 64.0 Å². The van der Waals surface area contributed by atoms with Crippen LogP contribution in [0.2, 0.25) is 0 Å². The lowest BCUT2D eigenvalue weighted by atomic mass is 9.80. The highest BCUT2D eigenvalue weighted by atomic mass is 32.2. The standard InChI is InChI=1S/C25H36S/c1-6-22(21(4)24-15-11-8-12-16-24)18-25(26-5)17-19(2)20(3)23-13-9-7-10-14-23/h7-16,19-22,25H,6,17-18H2,1-5H3. The molecular weight excluding hydrogens is 332 g/mol. The Morgan fingerprint density at radius 1 is 0.731 bits per heavy atom. The van der Waals surface area contributed by atoms with Crippen molar-refractivity contribution in [2.24, 2.45) is 11.8 Å². The first-order valence-electron chi connectivity index (χ1n) is 10.2. The van der Waals surface area contributed by atoms with Crippen LogP contribution in [0.1, 0.15) is 69.9 Å². The van der Waals surface area contributed by atoms with Gasteiger partial charge in [0.05, 0.1) is 0 Å². The molecule has 2 aromatic carbocycles. The highest BCUT2D eigenvalue weighted by Crippen LogP contribution is 2.37. The quantitative estimate of drug-likeness (QED) is 0.413. The van der Waals surface area contributed by atoms with Crippen molar-refractivity contribution in [1.82, 2.24) is 0 Å². The van der Waals surface area contributed by atoms with E-state index in [1.807, 2.05) is 0 Å². The second kappa shape index (κ2) is 10.8. The predicted octanol–water partition coefficient (Wildman–Crippen LogP) is 7.77. The molecule has 0 bridgehead atoms. The van der Waals surface area contributed by atoms with E-state index in [1.165, 1.54) is 30.4 Å². The Labute approximate surface area is 165 Å². The molecule has 5 atom stereocenters. The Morgan fingerprint density at radius 2 is 1.23 bits per heavy atom. The topological polar surface area (TPSA) is 0 Å². The summed E-state index contributed by atoms with van der Waals surface area (Å²) in [5, 5.41) is 0.743. The molecule has 0 saturated carbocycles. The predicted molar refractivity (Wildman–Crippen MR) is 119 cm³/mol. The number of thioether (sulfide) groups is 1. The van der Waals surface area contributed by atoms with E-state index in [1.54, 1.807) is 0 Å². The van der Waals surface area contributed by atoms with Crippen LogP contribution < -0.4 is 0 Å². The lowest BCUT2D eigenvalue weighted by molar-refractivity contribution is 0.361. The third kappa shape index (κ3) is 5.91. The van der Waals surface area contributed by atoms with Gasteiger partial charge < -0.3 is 0 Å². The minimum atomic E-state index is 0.623. The minimum absolute atomic E-state index is 0.623. The zero-order chi connectivity index (χ0) is 18.9. The lowest BCUT2D eigenvalue weighted by Gasteiger charge is -2.30. The minimum Gasteiger partial charge on any atom is -0.162 e. The molecule has 142 valence electrons. The number of benzene rings is 2. The highest BCUT2D eigenvalue weighted by molar-refractivity contribution is 7.99. The third-order valence-electron chi connectivity index (χ3n) is 6.27. The van der Waals surface area contributed by atoms with Gasteiger partial charge in [0.15, 0.2) is 0 Å². The zero-order valence-electron chi connectivity index (χ0n) is 17.2. The number of hydrogen-bond donors (Lipinski definition) is 0. The van der Waals surface area contributed by atoms with Crippen LogP contribution in [0.5, 0.6) is 0 Å². The van der Waals surface area contributed by atoms with Crippen LogP contribution in [0.4, 0.5) is 0 Å². The van der Waals surface area contributed by atoms with Crippen molar-refractivity contribution >= 4 is 11.8 Å². The van der Waals surface area contributed by atoms with Crippen LogP contribution in [-0.2, 0) is 0 Å². The molecule has 0 spiro atoms. The number of hydrogen-bond acceptors (Lipinski definition) is 1. The zero-order valence-corrected chi connectivity index (χ0v) is 18.0. The Morgan fingerprint density at radius 3 is 1.69 bits per heavy atom. The van der Waals surface area contributed by atoms with Gasteiger partial charge in [0.2, 0.25) is 0 Å². The summed E-state index contributed by atoms with van der Waals surface area (Å²) in [5.74, 6) is 2.73. The third-order valence-corrected chi connectivity index (χ3v) is 7.32. The van der Waals surface area contributed by atoms with Gasteiger partial charge in [-0.05, 0) is 53.9 Å². The van der Waals surface area contributed by atoms with Crippen LogP contribution in [-0.4, -0.2) is 11.5 Å². The van der Waals surface area contributed by atoms with E-state index >= 15 is 0 Å². The van der Waals surface area contributed by atoms with Gasteiger partial charge in [-0.1, -0.05) is 94.8 Å². The van der Waals surface area contributed by atoms with E-state index in [-0.39, 0.29) is 0 Å². The molecule has 0 aromatic heterocycles. The van der Waals surface area contributed by atoms with Crippen molar-refractivity contribution in [2.75, 3.05) is 6.26 Å². The summed E-state index contributed by atoms with van der Waals surface area (Å²) >= 11 is 2.07. The van der Waals surface area contributed by atoms with Gasteiger partial charge in [-0.25, -0.2) is 0 Å². The molecule has 0 heterocycles. The molecule has 2 rings (SSSR count). The van der Waals surface area contributed by atoms with Crippen molar-refractivity contribution in [1.29, 1.82) is 0 Å². The first-order chi connectivity index (χ1) is 12.6. The lowest BCUT2D eigenvalue weighted by Crippen LogP contribution is -2.20. The normalized spacial score (nSPS) is 17.3. The second-order valence-corrected chi connectivity index (χ2v) is 9.01. The first kappa shape index (κ1) is 21.1. The van der Waals surface area contributed by atoms with Crippen molar-refractivity contribution in [3.05, 3.63) is 71.8 Å². The summed E-state index contributed by atoms with van der Waals surface area (Å²) in [6.07, 6.45) is 6.18. The summed E-state index contributed by atoms with van der Waals surface area (Å²) in [5.41, 5.74) is 2.97. The smallest absolute Gasteiger partial charge is 0.00498 e. The van der Waals surface area contributed by atoms with Gasteiger partial charge >= 0.3 is 0 Å². The van der Waals surface area contributed by atoms with Gasteiger partial charge in [0.25, 0.3) is 0 Å². The maximum Gasteiger partial charge on any atom is 0.00498 e. The summed E-state index contributed by atoms with van der Waals surface area (Å²) in [4.78, 5) is 0. The maximum absolute atomic E-state index is 2.43. The average Bonchev–Trinajstić information content (AvgIpc) is 2.71. The largest absolute Gasteiger partial charge is 0.162 e. The van der Waals surface area contributed by atoms with Gasteiger partial charge in [-0.2, -0.15) is 11.8 Å². The second-order valence-electron chi connectivity index (χ2n) is 7.87. The fraction of sp³-hybridized carbons (Fsp3) is 0.520. The van der Waals surface area contributed by atoms with Crippen LogP contribution >= 0.6 is 11.8 Å². The fourth-order valence-electron chi connectivity index (χ4n) is 4.08. The summed E-state index contributed by atoms with van der Waals surface area (Å²) < 4.78 is 0. The first-order valence-corrected chi connectivity index (χ1v) is 11.5. The van der Waals surface area contributed by atoms with Crippen molar-refractivity contribution in [3.63, 3.8) is 0 Å². The van der Waals surface area contributed by atoms with E-state index in [0.29, 0.717) is 17.8 Å². The molecule has 26 heavy (non-hydrogen) atoms. The maximum atomic E-state index is 2.43. The molecule has 2 aromatic rings. The molecule has 0 fully saturated rings. The molecule has 0 saturated heterocycles. The number of rotatable bonds is 10. The SMILES string of the molecule is CCC(CC(CC(C)C(C)c1ccccc1)SC)C(C)c1ccccc1. The van der Waals surface area contributed by atoms with Gasteiger partial charge in [-0.15, -0.1) is 0 Å². The van der Waals surface area contributed by atoms with Crippen LogP contribution in [0.3, 0.4) is 0 Å². The monoisotopic (exact) mass is 368 g/mol. The molecule has 0 radical (unpaired) electrons. The highest BCUT2D eigenvalue weighted by Gasteiger charge is 2.24. The molecular formula is C25H36S. The molecule has 0 N–H and O–H groups in total. The fourth-order valence-corrected chi connectivity index (χ4v) is 5.02. The van der Waals surface area contributed by atoms with Gasteiger partial charge in [0, 0.05) is 5.25 Å². The van der Waals surface area contributed by atoms with Gasteiger partial charge in [-0.3, -0.25) is 0 Å². The molecule has 0 aliphatic heterocycles. The van der Waals surface area contributed by atoms with E-state index < -0.39 is 0 Å². The van der Waals surface area contributed by atoms with Crippen LogP contribution in [0.25, 0.3) is 0 Å². The molecule has 0 amide bonds. The Bertz CT molecular complexity index is 607. The molecule has 5 unspecified atom stereocenters.